The second-order valence-electron chi connectivity index (χ2n) is 5.94. The topological polar surface area (TPSA) is 15.3 Å². The van der Waals surface area contributed by atoms with Gasteiger partial charge in [0.2, 0.25) is 0 Å². The summed E-state index contributed by atoms with van der Waals surface area (Å²) in [7, 11) is 4.22. The molecule has 0 bridgehead atoms. The van der Waals surface area contributed by atoms with Gasteiger partial charge in [-0.25, -0.2) is 0 Å². The lowest BCUT2D eigenvalue weighted by atomic mass is 10.1. The highest BCUT2D eigenvalue weighted by molar-refractivity contribution is 9.10. The van der Waals surface area contributed by atoms with Crippen molar-refractivity contribution < 1.29 is 0 Å². The fraction of sp³-hybridized carbons (Fsp3) is 0.333. The molecule has 0 fully saturated rings. The molecule has 0 amide bonds. The highest BCUT2D eigenvalue weighted by atomic mass is 79.9. The maximum atomic E-state index is 3.75. The Balaban J connectivity index is 1.85. The van der Waals surface area contributed by atoms with Gasteiger partial charge in [-0.2, -0.15) is 0 Å². The molecule has 0 aromatic heterocycles. The molecule has 3 rings (SSSR count). The van der Waals surface area contributed by atoms with Crippen LogP contribution in [0.25, 0.3) is 0 Å². The van der Waals surface area contributed by atoms with Gasteiger partial charge in [-0.3, -0.25) is 0 Å². The molecule has 0 radical (unpaired) electrons. The second-order valence-corrected chi connectivity index (χ2v) is 6.79. The van der Waals surface area contributed by atoms with Crippen molar-refractivity contribution in [2.75, 3.05) is 19.4 Å². The Bertz CT molecular complexity index is 637. The van der Waals surface area contributed by atoms with Crippen molar-refractivity contribution in [3.05, 3.63) is 63.6 Å². The predicted octanol–water partition coefficient (Wildman–Crippen LogP) is 4.61. The van der Waals surface area contributed by atoms with Gasteiger partial charge >= 0.3 is 0 Å². The van der Waals surface area contributed by atoms with E-state index in [0.717, 1.165) is 19.4 Å². The number of fused-ring (bicyclic) bond motifs is 1. The molecule has 0 heterocycles. The lowest BCUT2D eigenvalue weighted by Gasteiger charge is -2.20. The molecule has 1 N–H and O–H groups in total. The third-order valence-corrected chi connectivity index (χ3v) is 4.79. The molecule has 1 unspecified atom stereocenters. The maximum absolute atomic E-state index is 3.75. The van der Waals surface area contributed by atoms with E-state index in [4.69, 9.17) is 0 Å². The summed E-state index contributed by atoms with van der Waals surface area (Å²) in [5.41, 5.74) is 5.50. The van der Waals surface area contributed by atoms with E-state index in [1.54, 1.807) is 0 Å². The van der Waals surface area contributed by atoms with E-state index >= 15 is 0 Å². The number of nitrogens with one attached hydrogen (secondary N) is 1. The Morgan fingerprint density at radius 1 is 1.14 bits per heavy atom. The van der Waals surface area contributed by atoms with Crippen molar-refractivity contribution >= 4 is 21.6 Å². The summed E-state index contributed by atoms with van der Waals surface area (Å²) in [5.74, 6) is 0. The number of benzene rings is 2. The first-order valence-corrected chi connectivity index (χ1v) is 8.21. The monoisotopic (exact) mass is 344 g/mol. The number of nitrogens with zero attached hydrogens (tertiary/aromatic N) is 1. The Morgan fingerprint density at radius 3 is 2.76 bits per heavy atom. The summed E-state index contributed by atoms with van der Waals surface area (Å²) in [6.45, 7) is 0.960. The van der Waals surface area contributed by atoms with Crippen molar-refractivity contribution in [1.82, 2.24) is 4.90 Å². The van der Waals surface area contributed by atoms with Crippen molar-refractivity contribution in [3.8, 4) is 0 Å². The van der Waals surface area contributed by atoms with Crippen LogP contribution < -0.4 is 5.32 Å². The average molecular weight is 345 g/mol. The number of anilines is 1. The molecular weight excluding hydrogens is 324 g/mol. The highest BCUT2D eigenvalue weighted by Crippen LogP contribution is 2.38. The zero-order valence-corrected chi connectivity index (χ0v) is 14.2. The van der Waals surface area contributed by atoms with Crippen LogP contribution in [0.3, 0.4) is 0 Å². The SMILES string of the molecule is CN(C)Cc1ccccc1NC1CCc2c(Br)cccc21. The number of hydrogen-bond acceptors (Lipinski definition) is 2. The van der Waals surface area contributed by atoms with Crippen LogP contribution in [0.15, 0.2) is 46.9 Å². The normalized spacial score (nSPS) is 17.0. The van der Waals surface area contributed by atoms with Gasteiger partial charge in [-0.05, 0) is 55.8 Å². The van der Waals surface area contributed by atoms with Gasteiger partial charge in [0.15, 0.2) is 0 Å². The molecule has 0 aliphatic heterocycles. The smallest absolute Gasteiger partial charge is 0.0520 e. The molecule has 2 aromatic carbocycles. The van der Waals surface area contributed by atoms with Gasteiger partial charge in [-0.1, -0.05) is 46.3 Å². The van der Waals surface area contributed by atoms with Crippen LogP contribution in [0, 0.1) is 0 Å². The molecule has 3 heteroatoms. The van der Waals surface area contributed by atoms with Gasteiger partial charge in [0.25, 0.3) is 0 Å². The summed E-state index contributed by atoms with van der Waals surface area (Å²) in [4.78, 5) is 2.21. The van der Waals surface area contributed by atoms with Crippen molar-refractivity contribution in [2.24, 2.45) is 0 Å². The maximum Gasteiger partial charge on any atom is 0.0520 e. The summed E-state index contributed by atoms with van der Waals surface area (Å²) in [6, 6.07) is 15.6. The summed E-state index contributed by atoms with van der Waals surface area (Å²) in [5, 5.41) is 3.75. The lowest BCUT2D eigenvalue weighted by molar-refractivity contribution is 0.403. The molecule has 0 saturated carbocycles. The first-order chi connectivity index (χ1) is 10.1. The van der Waals surface area contributed by atoms with Crippen LogP contribution in [0.2, 0.25) is 0 Å². The van der Waals surface area contributed by atoms with E-state index in [2.05, 4.69) is 82.7 Å². The molecule has 110 valence electrons. The molecule has 0 spiro atoms. The first-order valence-electron chi connectivity index (χ1n) is 7.41. The molecule has 0 saturated heterocycles. The van der Waals surface area contributed by atoms with Crippen LogP contribution >= 0.6 is 15.9 Å². The molecule has 1 atom stereocenters. The van der Waals surface area contributed by atoms with Crippen LogP contribution in [0.4, 0.5) is 5.69 Å². The minimum absolute atomic E-state index is 0.417. The minimum atomic E-state index is 0.417. The summed E-state index contributed by atoms with van der Waals surface area (Å²) >= 11 is 3.67. The van der Waals surface area contributed by atoms with E-state index < -0.39 is 0 Å². The third kappa shape index (κ3) is 3.14. The number of hydrogen-bond donors (Lipinski definition) is 1. The minimum Gasteiger partial charge on any atom is -0.378 e. The molecule has 21 heavy (non-hydrogen) atoms. The fourth-order valence-corrected chi connectivity index (χ4v) is 3.67. The lowest BCUT2D eigenvalue weighted by Crippen LogP contribution is -2.14. The third-order valence-electron chi connectivity index (χ3n) is 4.05. The number of para-hydroxylation sites is 1. The number of halogens is 1. The molecule has 1 aliphatic carbocycles. The average Bonchev–Trinajstić information content (AvgIpc) is 2.85. The van der Waals surface area contributed by atoms with Crippen molar-refractivity contribution in [2.45, 2.75) is 25.4 Å². The molecule has 2 nitrogen and oxygen atoms in total. The van der Waals surface area contributed by atoms with Gasteiger partial charge in [0.05, 0.1) is 6.04 Å². The van der Waals surface area contributed by atoms with E-state index in [9.17, 15) is 0 Å². The predicted molar refractivity (Wildman–Crippen MR) is 92.7 cm³/mol. The molecule has 2 aromatic rings. The van der Waals surface area contributed by atoms with Crippen LogP contribution in [0.5, 0.6) is 0 Å². The quantitative estimate of drug-likeness (QED) is 0.871. The fourth-order valence-electron chi connectivity index (χ4n) is 3.09. The van der Waals surface area contributed by atoms with E-state index in [1.165, 1.54) is 26.9 Å². The van der Waals surface area contributed by atoms with E-state index in [1.807, 2.05) is 0 Å². The van der Waals surface area contributed by atoms with Crippen LogP contribution in [-0.4, -0.2) is 19.0 Å². The van der Waals surface area contributed by atoms with E-state index in [-0.39, 0.29) is 0 Å². The zero-order chi connectivity index (χ0) is 14.8. The van der Waals surface area contributed by atoms with Crippen LogP contribution in [0.1, 0.15) is 29.2 Å². The highest BCUT2D eigenvalue weighted by Gasteiger charge is 2.24. The second kappa shape index (κ2) is 6.20. The van der Waals surface area contributed by atoms with Crippen molar-refractivity contribution in [3.63, 3.8) is 0 Å². The number of rotatable bonds is 4. The van der Waals surface area contributed by atoms with Gasteiger partial charge in [0, 0.05) is 16.7 Å². The largest absolute Gasteiger partial charge is 0.378 e. The van der Waals surface area contributed by atoms with Gasteiger partial charge < -0.3 is 10.2 Å². The van der Waals surface area contributed by atoms with E-state index in [0.29, 0.717) is 6.04 Å². The summed E-state index contributed by atoms with van der Waals surface area (Å²) < 4.78 is 1.24. The zero-order valence-electron chi connectivity index (χ0n) is 12.6. The Labute approximate surface area is 135 Å². The Hall–Kier alpha value is -1.32. The first kappa shape index (κ1) is 14.6. The van der Waals surface area contributed by atoms with Gasteiger partial charge in [0.1, 0.15) is 0 Å². The Morgan fingerprint density at radius 2 is 1.95 bits per heavy atom. The molecular formula is C18H21BrN2. The van der Waals surface area contributed by atoms with Gasteiger partial charge in [-0.15, -0.1) is 0 Å². The van der Waals surface area contributed by atoms with Crippen molar-refractivity contribution in [1.29, 1.82) is 0 Å². The van der Waals surface area contributed by atoms with Crippen LogP contribution in [-0.2, 0) is 13.0 Å². The standard InChI is InChI=1S/C18H21BrN2/c1-21(2)12-13-6-3-4-9-17(13)20-18-11-10-14-15(18)7-5-8-16(14)19/h3-9,18,20H,10-12H2,1-2H3. The summed E-state index contributed by atoms with van der Waals surface area (Å²) in [6.07, 6.45) is 2.30. The molecule has 1 aliphatic rings. The Kier molecular flexibility index (Phi) is 4.32.